The maximum Gasteiger partial charge on any atom is 0.160 e. The lowest BCUT2D eigenvalue weighted by atomic mass is 10.0. The van der Waals surface area contributed by atoms with Crippen molar-refractivity contribution < 1.29 is 24.4 Å². The lowest BCUT2D eigenvalue weighted by molar-refractivity contribution is -0.190. The molecule has 5 nitrogen and oxygen atoms in total. The molecule has 7 heteroatoms. The minimum absolute atomic E-state index is 0.145. The molecule has 0 unspecified atom stereocenters. The van der Waals surface area contributed by atoms with Crippen molar-refractivity contribution in [1.29, 1.82) is 0 Å². The fourth-order valence-electron chi connectivity index (χ4n) is 6.51. The molecular formula is C40H76O5S2. The van der Waals surface area contributed by atoms with Gasteiger partial charge in [0.15, 0.2) is 16.2 Å². The van der Waals surface area contributed by atoms with Crippen LogP contribution < -0.4 is 0 Å². The Bertz CT molecular complexity index is 719. The van der Waals surface area contributed by atoms with Gasteiger partial charge in [-0.05, 0) is 37.3 Å². The Morgan fingerprint density at radius 3 is 1.23 bits per heavy atom. The van der Waals surface area contributed by atoms with Gasteiger partial charge in [-0.3, -0.25) is 0 Å². The molecule has 0 spiro atoms. The van der Waals surface area contributed by atoms with Crippen LogP contribution in [0.15, 0.2) is 0 Å². The Kier molecular flexibility index (Phi) is 31.2. The van der Waals surface area contributed by atoms with Crippen LogP contribution in [0.25, 0.3) is 0 Å². The quantitative estimate of drug-likeness (QED) is 0.0522. The Balaban J connectivity index is 1.97. The number of ether oxygens (including phenoxy) is 3. The second-order valence-electron chi connectivity index (χ2n) is 14.3. The first-order valence-corrected chi connectivity index (χ1v) is 21.1. The number of aliphatic hydroxyl groups excluding tert-OH is 2. The fourth-order valence-corrected chi connectivity index (χ4v) is 6.99. The van der Waals surface area contributed by atoms with Crippen LogP contribution in [0.3, 0.4) is 0 Å². The van der Waals surface area contributed by atoms with Gasteiger partial charge in [0.25, 0.3) is 0 Å². The van der Waals surface area contributed by atoms with Gasteiger partial charge < -0.3 is 24.4 Å². The zero-order valence-electron chi connectivity index (χ0n) is 30.9. The summed E-state index contributed by atoms with van der Waals surface area (Å²) in [5, 5.41) is 22.3. The van der Waals surface area contributed by atoms with Crippen LogP contribution in [0, 0.1) is 0 Å². The van der Waals surface area contributed by atoms with Gasteiger partial charge in [-0.2, -0.15) is 0 Å². The minimum atomic E-state index is -1.10. The Morgan fingerprint density at radius 1 is 0.511 bits per heavy atom. The molecule has 1 heterocycles. The highest BCUT2D eigenvalue weighted by Gasteiger charge is 2.40. The topological polar surface area (TPSA) is 68.2 Å². The van der Waals surface area contributed by atoms with Crippen molar-refractivity contribution in [2.45, 2.75) is 231 Å². The molecule has 0 aromatic heterocycles. The molecule has 0 aliphatic carbocycles. The van der Waals surface area contributed by atoms with Crippen molar-refractivity contribution in [1.82, 2.24) is 0 Å². The van der Waals surface area contributed by atoms with E-state index < -0.39 is 24.4 Å². The van der Waals surface area contributed by atoms with Gasteiger partial charge in [0.2, 0.25) is 0 Å². The maximum atomic E-state index is 10.7. The molecule has 47 heavy (non-hydrogen) atoms. The number of aliphatic hydroxyl groups is 2. The van der Waals surface area contributed by atoms with E-state index in [1.807, 2.05) is 0 Å². The highest BCUT2D eigenvalue weighted by Crippen LogP contribution is 2.21. The molecule has 4 atom stereocenters. The van der Waals surface area contributed by atoms with Crippen molar-refractivity contribution in [3.05, 3.63) is 0 Å². The predicted molar refractivity (Wildman–Crippen MR) is 208 cm³/mol. The third-order valence-corrected chi connectivity index (χ3v) is 10.4. The molecule has 1 saturated heterocycles. The largest absolute Gasteiger partial charge is 0.484 e. The van der Waals surface area contributed by atoms with E-state index >= 15 is 0 Å². The molecular weight excluding hydrogens is 625 g/mol. The highest BCUT2D eigenvalue weighted by molar-refractivity contribution is 7.80. The molecule has 0 aromatic carbocycles. The van der Waals surface area contributed by atoms with E-state index in [-0.39, 0.29) is 13.2 Å². The molecule has 0 aromatic rings. The molecule has 1 rings (SSSR count). The van der Waals surface area contributed by atoms with Crippen LogP contribution in [0.4, 0.5) is 0 Å². The lowest BCUT2D eigenvalue weighted by Crippen LogP contribution is -2.55. The molecule has 2 N–H and O–H groups in total. The molecule has 278 valence electrons. The summed E-state index contributed by atoms with van der Waals surface area (Å²) in [7, 11) is 0. The standard InChI is InChI=1S/C40H76O5S2/c1-3-5-7-9-11-13-15-17-19-21-23-25-27-29-31-37(46)44-33-35-39(41)40(42)36(34-43-35)45-38(47)32-30-28-26-24-22-20-18-16-14-12-10-8-6-4-2/h35-36,39-42H,3-34H2,1-2H3/t35-,36+,39-,40-/m1/s1. The number of hydrogen-bond donors (Lipinski definition) is 2. The number of unbranched alkanes of at least 4 members (excludes halogenated alkanes) is 26. The average Bonchev–Trinajstić information content (AvgIpc) is 3.06. The summed E-state index contributed by atoms with van der Waals surface area (Å²) in [6.07, 6.45) is 35.1. The van der Waals surface area contributed by atoms with Crippen molar-refractivity contribution in [2.75, 3.05) is 13.2 Å². The second kappa shape index (κ2) is 32.8. The summed E-state index contributed by atoms with van der Waals surface area (Å²) in [6.45, 7) is 4.87. The molecule has 1 aliphatic rings. The average molecular weight is 701 g/mol. The number of thiocarbonyl (C=S) groups is 2. The number of rotatable bonds is 33. The van der Waals surface area contributed by atoms with Gasteiger partial charge in [-0.1, -0.05) is 181 Å². The van der Waals surface area contributed by atoms with E-state index in [2.05, 4.69) is 13.8 Å². The summed E-state index contributed by atoms with van der Waals surface area (Å²) in [6, 6.07) is 0. The van der Waals surface area contributed by atoms with Crippen LogP contribution in [0.2, 0.25) is 0 Å². The van der Waals surface area contributed by atoms with Crippen LogP contribution in [0.5, 0.6) is 0 Å². The summed E-state index contributed by atoms with van der Waals surface area (Å²) in [4.78, 5) is 0. The van der Waals surface area contributed by atoms with Gasteiger partial charge >= 0.3 is 0 Å². The van der Waals surface area contributed by atoms with Crippen LogP contribution in [-0.2, 0) is 14.2 Å². The first kappa shape index (κ1) is 44.7. The van der Waals surface area contributed by atoms with E-state index in [0.717, 1.165) is 25.7 Å². The third kappa shape index (κ3) is 26.2. The molecule has 0 radical (unpaired) electrons. The molecule has 0 amide bonds. The normalized spacial score (nSPS) is 19.6. The van der Waals surface area contributed by atoms with E-state index in [1.165, 1.54) is 161 Å². The van der Waals surface area contributed by atoms with E-state index in [1.54, 1.807) is 0 Å². The fraction of sp³-hybridized carbons (Fsp3) is 0.950. The number of hydrogen-bond acceptors (Lipinski definition) is 7. The monoisotopic (exact) mass is 701 g/mol. The van der Waals surface area contributed by atoms with Gasteiger partial charge in [-0.15, -0.1) is 0 Å². The van der Waals surface area contributed by atoms with Gasteiger partial charge in [0.1, 0.15) is 24.9 Å². The predicted octanol–water partition coefficient (Wildman–Crippen LogP) is 11.9. The van der Waals surface area contributed by atoms with Crippen molar-refractivity contribution >= 4 is 34.5 Å². The summed E-state index contributed by atoms with van der Waals surface area (Å²) >= 11 is 10.8. The minimum Gasteiger partial charge on any atom is -0.484 e. The Hall–Kier alpha value is -0.340. The first-order chi connectivity index (χ1) is 23.0. The summed E-state index contributed by atoms with van der Waals surface area (Å²) in [5.74, 6) is 0. The third-order valence-electron chi connectivity index (χ3n) is 9.75. The zero-order chi connectivity index (χ0) is 34.2. The molecule has 1 aliphatic heterocycles. The highest BCUT2D eigenvalue weighted by atomic mass is 32.1. The van der Waals surface area contributed by atoms with Gasteiger partial charge in [0, 0.05) is 12.8 Å². The second-order valence-corrected chi connectivity index (χ2v) is 15.2. The van der Waals surface area contributed by atoms with Gasteiger partial charge in [0.05, 0.1) is 6.61 Å². The van der Waals surface area contributed by atoms with Crippen LogP contribution >= 0.6 is 24.4 Å². The molecule has 0 bridgehead atoms. The van der Waals surface area contributed by atoms with E-state index in [0.29, 0.717) is 16.5 Å². The van der Waals surface area contributed by atoms with Crippen molar-refractivity contribution in [3.63, 3.8) is 0 Å². The van der Waals surface area contributed by atoms with Crippen LogP contribution in [-0.4, -0.2) is 57.9 Å². The van der Waals surface area contributed by atoms with Gasteiger partial charge in [-0.25, -0.2) is 0 Å². The smallest absolute Gasteiger partial charge is 0.160 e. The zero-order valence-corrected chi connectivity index (χ0v) is 32.5. The van der Waals surface area contributed by atoms with E-state index in [9.17, 15) is 10.2 Å². The van der Waals surface area contributed by atoms with Crippen LogP contribution in [0.1, 0.15) is 206 Å². The lowest BCUT2D eigenvalue weighted by Gasteiger charge is -2.37. The maximum absolute atomic E-state index is 10.7. The van der Waals surface area contributed by atoms with E-state index in [4.69, 9.17) is 38.6 Å². The SMILES string of the molecule is CCCCCCCCCCCCCCCCC(=S)OC[C@H]1OC[C@H](OC(=S)CCCCCCCCCCCCCCCC)[C@@H](O)[C@@H]1O. The Morgan fingerprint density at radius 2 is 0.851 bits per heavy atom. The molecule has 0 saturated carbocycles. The Labute approximate surface area is 302 Å². The van der Waals surface area contributed by atoms with Crippen molar-refractivity contribution in [3.8, 4) is 0 Å². The molecule has 1 fully saturated rings. The first-order valence-electron chi connectivity index (χ1n) is 20.3. The van der Waals surface area contributed by atoms with Crippen molar-refractivity contribution in [2.24, 2.45) is 0 Å². The summed E-state index contributed by atoms with van der Waals surface area (Å²) in [5.41, 5.74) is 0. The summed E-state index contributed by atoms with van der Waals surface area (Å²) < 4.78 is 17.4.